The van der Waals surface area contributed by atoms with Crippen LogP contribution in [0.15, 0.2) is 12.4 Å². The average Bonchev–Trinajstić information content (AvgIpc) is 2.97. The van der Waals surface area contributed by atoms with Crippen LogP contribution in [0.1, 0.15) is 43.9 Å². The molecule has 0 aliphatic rings. The number of rotatable bonds is 7. The zero-order chi connectivity index (χ0) is 12.8. The van der Waals surface area contributed by atoms with Crippen molar-refractivity contribution in [1.29, 1.82) is 0 Å². The van der Waals surface area contributed by atoms with E-state index >= 15 is 0 Å². The summed E-state index contributed by atoms with van der Waals surface area (Å²) in [6, 6.07) is 0. The normalized spacial score (nSPS) is 11.3. The van der Waals surface area contributed by atoms with Gasteiger partial charge < -0.3 is 0 Å². The van der Waals surface area contributed by atoms with Gasteiger partial charge in [0.2, 0.25) is 0 Å². The fraction of sp³-hybridized carbons (Fsp3) is 0.615. The van der Waals surface area contributed by atoms with Gasteiger partial charge >= 0.3 is 0 Å². The largest absolute Gasteiger partial charge is 0.285 e. The highest BCUT2D eigenvalue weighted by Gasteiger charge is 2.04. The summed E-state index contributed by atoms with van der Waals surface area (Å²) >= 11 is 0. The first kappa shape index (κ1) is 12.8. The Balaban J connectivity index is 1.73. The van der Waals surface area contributed by atoms with Crippen LogP contribution in [0.4, 0.5) is 0 Å². The first-order chi connectivity index (χ1) is 8.74. The van der Waals surface area contributed by atoms with Gasteiger partial charge in [-0.25, -0.2) is 4.98 Å². The predicted molar refractivity (Wildman–Crippen MR) is 70.2 cm³/mol. The molecule has 0 aromatic carbocycles. The van der Waals surface area contributed by atoms with Crippen molar-refractivity contribution in [2.45, 2.75) is 46.0 Å². The molecule has 0 bridgehead atoms. The molecule has 0 spiro atoms. The molecule has 2 N–H and O–H groups in total. The molecule has 0 saturated carbocycles. The number of aryl methyl sites for hydroxylation is 3. The van der Waals surface area contributed by atoms with Gasteiger partial charge in [0.15, 0.2) is 5.82 Å². The van der Waals surface area contributed by atoms with Gasteiger partial charge in [0.05, 0.1) is 6.20 Å². The van der Waals surface area contributed by atoms with Crippen LogP contribution >= 0.6 is 0 Å². The van der Waals surface area contributed by atoms with Gasteiger partial charge in [-0.05, 0) is 30.7 Å². The van der Waals surface area contributed by atoms with E-state index in [1.54, 1.807) is 0 Å². The van der Waals surface area contributed by atoms with Gasteiger partial charge in [0, 0.05) is 19.0 Å². The van der Waals surface area contributed by atoms with Crippen molar-refractivity contribution < 1.29 is 0 Å². The summed E-state index contributed by atoms with van der Waals surface area (Å²) in [4.78, 5) is 4.51. The van der Waals surface area contributed by atoms with E-state index in [0.717, 1.165) is 43.8 Å². The Bertz CT molecular complexity index is 444. The number of hydrogen-bond acceptors (Lipinski definition) is 3. The van der Waals surface area contributed by atoms with Crippen LogP contribution < -0.4 is 0 Å². The Morgan fingerprint density at radius 2 is 2.11 bits per heavy atom. The van der Waals surface area contributed by atoms with Crippen LogP contribution in [0.5, 0.6) is 0 Å². The number of aromatic nitrogens is 5. The van der Waals surface area contributed by atoms with E-state index in [9.17, 15) is 0 Å². The molecule has 18 heavy (non-hydrogen) atoms. The van der Waals surface area contributed by atoms with Gasteiger partial charge in [0.1, 0.15) is 5.82 Å². The molecule has 0 aliphatic heterocycles. The minimum atomic E-state index is 0.702. The summed E-state index contributed by atoms with van der Waals surface area (Å²) in [5, 5.41) is 14.0. The average molecular weight is 247 g/mol. The van der Waals surface area contributed by atoms with E-state index in [1.807, 2.05) is 12.4 Å². The molecule has 5 heteroatoms. The highest BCUT2D eigenvalue weighted by molar-refractivity contribution is 5.02. The second kappa shape index (κ2) is 6.33. The predicted octanol–water partition coefficient (Wildman–Crippen LogP) is 2.29. The third-order valence-corrected chi connectivity index (χ3v) is 2.96. The van der Waals surface area contributed by atoms with E-state index in [1.165, 1.54) is 5.56 Å². The molecule has 0 aliphatic carbocycles. The first-order valence-corrected chi connectivity index (χ1v) is 6.62. The van der Waals surface area contributed by atoms with Crippen molar-refractivity contribution in [1.82, 2.24) is 25.4 Å². The zero-order valence-electron chi connectivity index (χ0n) is 11.1. The van der Waals surface area contributed by atoms with Crippen LogP contribution in [-0.2, 0) is 19.3 Å². The topological polar surface area (TPSA) is 70.2 Å². The van der Waals surface area contributed by atoms with Gasteiger partial charge in [-0.1, -0.05) is 13.8 Å². The molecule has 0 unspecified atom stereocenters. The van der Waals surface area contributed by atoms with Crippen molar-refractivity contribution in [2.24, 2.45) is 5.92 Å². The molecule has 2 heterocycles. The Morgan fingerprint density at radius 3 is 2.83 bits per heavy atom. The minimum absolute atomic E-state index is 0.702. The molecule has 0 radical (unpaired) electrons. The summed E-state index contributed by atoms with van der Waals surface area (Å²) in [6.45, 7) is 4.44. The van der Waals surface area contributed by atoms with Crippen molar-refractivity contribution in [2.75, 3.05) is 0 Å². The fourth-order valence-corrected chi connectivity index (χ4v) is 1.85. The van der Waals surface area contributed by atoms with Crippen LogP contribution in [0.3, 0.4) is 0 Å². The van der Waals surface area contributed by atoms with Crippen LogP contribution in [0.2, 0.25) is 0 Å². The number of aromatic amines is 2. The molecule has 0 saturated heterocycles. The minimum Gasteiger partial charge on any atom is -0.285 e. The molecule has 0 fully saturated rings. The summed E-state index contributed by atoms with van der Waals surface area (Å²) in [6.07, 6.45) is 8.96. The highest BCUT2D eigenvalue weighted by Crippen LogP contribution is 2.07. The summed E-state index contributed by atoms with van der Waals surface area (Å²) < 4.78 is 0. The standard InChI is InChI=1S/C13H21N5/c1-10(2)6-7-13-16-12(17-18-13)5-3-4-11-8-14-15-9-11/h8-10H,3-7H2,1-2H3,(H,14,15)(H,16,17,18). The SMILES string of the molecule is CC(C)CCc1n[nH]c(CCCc2cn[nH]c2)n1. The Labute approximate surface area is 107 Å². The molecule has 2 aromatic rings. The smallest absolute Gasteiger partial charge is 0.150 e. The number of H-pyrrole nitrogens is 2. The maximum Gasteiger partial charge on any atom is 0.150 e. The molecule has 2 aromatic heterocycles. The number of hydrogen-bond donors (Lipinski definition) is 2. The van der Waals surface area contributed by atoms with E-state index in [4.69, 9.17) is 0 Å². The van der Waals surface area contributed by atoms with E-state index in [2.05, 4.69) is 39.2 Å². The Morgan fingerprint density at radius 1 is 1.22 bits per heavy atom. The van der Waals surface area contributed by atoms with Crippen LogP contribution in [-0.4, -0.2) is 25.4 Å². The molecule has 5 nitrogen and oxygen atoms in total. The summed E-state index contributed by atoms with van der Waals surface area (Å²) in [5.41, 5.74) is 1.24. The number of nitrogens with zero attached hydrogens (tertiary/aromatic N) is 3. The third kappa shape index (κ3) is 3.98. The van der Waals surface area contributed by atoms with Crippen LogP contribution in [0.25, 0.3) is 0 Å². The molecule has 0 amide bonds. The molecular formula is C13H21N5. The lowest BCUT2D eigenvalue weighted by atomic mass is 10.1. The van der Waals surface area contributed by atoms with E-state index < -0.39 is 0 Å². The van der Waals surface area contributed by atoms with Crippen LogP contribution in [0, 0.1) is 5.92 Å². The van der Waals surface area contributed by atoms with E-state index in [-0.39, 0.29) is 0 Å². The molecular weight excluding hydrogens is 226 g/mol. The molecule has 0 atom stereocenters. The van der Waals surface area contributed by atoms with Crippen molar-refractivity contribution >= 4 is 0 Å². The summed E-state index contributed by atoms with van der Waals surface area (Å²) in [5.74, 6) is 2.65. The summed E-state index contributed by atoms with van der Waals surface area (Å²) in [7, 11) is 0. The monoisotopic (exact) mass is 247 g/mol. The molecule has 2 rings (SSSR count). The van der Waals surface area contributed by atoms with Gasteiger partial charge in [-0.3, -0.25) is 10.2 Å². The van der Waals surface area contributed by atoms with Crippen molar-refractivity contribution in [3.63, 3.8) is 0 Å². The third-order valence-electron chi connectivity index (χ3n) is 2.96. The Kier molecular flexibility index (Phi) is 4.50. The first-order valence-electron chi connectivity index (χ1n) is 6.62. The number of nitrogens with one attached hydrogen (secondary N) is 2. The highest BCUT2D eigenvalue weighted by atomic mass is 15.2. The van der Waals surface area contributed by atoms with Crippen molar-refractivity contribution in [3.05, 3.63) is 29.6 Å². The lowest BCUT2D eigenvalue weighted by Crippen LogP contribution is -1.95. The Hall–Kier alpha value is -1.65. The van der Waals surface area contributed by atoms with Gasteiger partial charge in [-0.2, -0.15) is 10.2 Å². The van der Waals surface area contributed by atoms with E-state index in [0.29, 0.717) is 5.92 Å². The second-order valence-corrected chi connectivity index (χ2v) is 5.09. The van der Waals surface area contributed by atoms with Gasteiger partial charge in [0.25, 0.3) is 0 Å². The fourth-order valence-electron chi connectivity index (χ4n) is 1.85. The zero-order valence-corrected chi connectivity index (χ0v) is 11.1. The van der Waals surface area contributed by atoms with Gasteiger partial charge in [-0.15, -0.1) is 0 Å². The van der Waals surface area contributed by atoms with Crippen molar-refractivity contribution in [3.8, 4) is 0 Å². The second-order valence-electron chi connectivity index (χ2n) is 5.09. The quantitative estimate of drug-likeness (QED) is 0.788. The maximum absolute atomic E-state index is 4.51. The lowest BCUT2D eigenvalue weighted by molar-refractivity contribution is 0.575. The maximum atomic E-state index is 4.51. The lowest BCUT2D eigenvalue weighted by Gasteiger charge is -1.99. The molecule has 98 valence electrons.